The molecule has 4 nitrogen and oxygen atoms in total. The molecule has 1 N–H and O–H groups in total. The third kappa shape index (κ3) is 2.95. The molecule has 4 heteroatoms. The Labute approximate surface area is 146 Å². The molecular formula is C21H20N2O2. The van der Waals surface area contributed by atoms with Crippen LogP contribution in [-0.4, -0.2) is 29.1 Å². The summed E-state index contributed by atoms with van der Waals surface area (Å²) >= 11 is 0. The highest BCUT2D eigenvalue weighted by molar-refractivity contribution is 6.07. The lowest BCUT2D eigenvalue weighted by atomic mass is 10.0. The summed E-state index contributed by atoms with van der Waals surface area (Å²) in [6.45, 7) is 2.00. The number of rotatable bonds is 3. The van der Waals surface area contributed by atoms with E-state index in [0.29, 0.717) is 16.6 Å². The average Bonchev–Trinajstić information content (AvgIpc) is 2.68. The first-order chi connectivity index (χ1) is 12.2. The highest BCUT2D eigenvalue weighted by atomic mass is 16.4. The van der Waals surface area contributed by atoms with Crippen LogP contribution in [-0.2, 0) is 0 Å². The summed E-state index contributed by atoms with van der Waals surface area (Å²) in [6, 6.07) is 17.3. The Bertz CT molecular complexity index is 916. The number of para-hydroxylation sites is 1. The van der Waals surface area contributed by atoms with Gasteiger partial charge in [-0.05, 0) is 31.4 Å². The number of carboxylic acid groups (broad SMARTS) is 1. The van der Waals surface area contributed by atoms with Crippen molar-refractivity contribution in [3.05, 3.63) is 60.2 Å². The molecular weight excluding hydrogens is 312 g/mol. The van der Waals surface area contributed by atoms with Crippen LogP contribution in [0, 0.1) is 0 Å². The SMILES string of the molecule is O=C(O)c1cc(-c2ccccc2)nc2c(N3CCCCC3)cccc12. The number of fused-ring (bicyclic) bond motifs is 1. The zero-order valence-electron chi connectivity index (χ0n) is 14.0. The number of hydrogen-bond acceptors (Lipinski definition) is 3. The smallest absolute Gasteiger partial charge is 0.336 e. The molecule has 0 bridgehead atoms. The third-order valence-electron chi connectivity index (χ3n) is 4.81. The van der Waals surface area contributed by atoms with Crippen molar-refractivity contribution in [2.75, 3.05) is 18.0 Å². The van der Waals surface area contributed by atoms with Gasteiger partial charge < -0.3 is 10.0 Å². The van der Waals surface area contributed by atoms with E-state index in [1.54, 1.807) is 6.07 Å². The molecule has 0 saturated carbocycles. The largest absolute Gasteiger partial charge is 0.478 e. The van der Waals surface area contributed by atoms with Gasteiger partial charge in [-0.3, -0.25) is 0 Å². The second-order valence-electron chi connectivity index (χ2n) is 6.45. The molecule has 126 valence electrons. The van der Waals surface area contributed by atoms with E-state index in [-0.39, 0.29) is 0 Å². The Kier molecular flexibility index (Phi) is 4.10. The number of carbonyl (C=O) groups is 1. The van der Waals surface area contributed by atoms with E-state index in [9.17, 15) is 9.90 Å². The molecule has 3 aromatic rings. The molecule has 0 atom stereocenters. The van der Waals surface area contributed by atoms with E-state index in [0.717, 1.165) is 29.9 Å². The standard InChI is InChI=1S/C21H20N2O2/c24-21(25)17-14-18(15-8-3-1-4-9-15)22-20-16(17)10-7-11-19(20)23-12-5-2-6-13-23/h1,3-4,7-11,14H,2,5-6,12-13H2,(H,24,25). The monoisotopic (exact) mass is 332 g/mol. The summed E-state index contributed by atoms with van der Waals surface area (Å²) < 4.78 is 0. The molecule has 4 rings (SSSR count). The van der Waals surface area contributed by atoms with E-state index < -0.39 is 5.97 Å². The van der Waals surface area contributed by atoms with Crippen molar-refractivity contribution in [3.63, 3.8) is 0 Å². The number of nitrogens with zero attached hydrogens (tertiary/aromatic N) is 2. The zero-order valence-corrected chi connectivity index (χ0v) is 14.0. The van der Waals surface area contributed by atoms with Crippen LogP contribution >= 0.6 is 0 Å². The summed E-state index contributed by atoms with van der Waals surface area (Å²) in [5, 5.41) is 10.4. The minimum absolute atomic E-state index is 0.308. The predicted molar refractivity (Wildman–Crippen MR) is 100 cm³/mol. The maximum Gasteiger partial charge on any atom is 0.336 e. The first-order valence-corrected chi connectivity index (χ1v) is 8.71. The maximum atomic E-state index is 11.8. The normalized spacial score (nSPS) is 14.6. The van der Waals surface area contributed by atoms with Crippen LogP contribution in [0.5, 0.6) is 0 Å². The summed E-state index contributed by atoms with van der Waals surface area (Å²) in [6.07, 6.45) is 3.59. The quantitative estimate of drug-likeness (QED) is 0.762. The molecule has 0 amide bonds. The summed E-state index contributed by atoms with van der Waals surface area (Å²) in [5.74, 6) is -0.916. The first-order valence-electron chi connectivity index (χ1n) is 8.71. The fraction of sp³-hybridized carbons (Fsp3) is 0.238. The number of benzene rings is 2. The Morgan fingerprint density at radius 1 is 0.960 bits per heavy atom. The number of carboxylic acids is 1. The Balaban J connectivity index is 1.95. The van der Waals surface area contributed by atoms with Crippen LogP contribution in [0.25, 0.3) is 22.2 Å². The van der Waals surface area contributed by atoms with Crippen molar-refractivity contribution in [2.45, 2.75) is 19.3 Å². The molecule has 1 fully saturated rings. The second kappa shape index (κ2) is 6.55. The van der Waals surface area contributed by atoms with Gasteiger partial charge in [0.25, 0.3) is 0 Å². The minimum atomic E-state index is -0.916. The topological polar surface area (TPSA) is 53.4 Å². The lowest BCUT2D eigenvalue weighted by Gasteiger charge is -2.29. The van der Waals surface area contributed by atoms with Crippen LogP contribution in [0.15, 0.2) is 54.6 Å². The van der Waals surface area contributed by atoms with E-state index >= 15 is 0 Å². The van der Waals surface area contributed by atoms with Gasteiger partial charge in [0, 0.05) is 24.0 Å². The van der Waals surface area contributed by atoms with Gasteiger partial charge in [-0.25, -0.2) is 9.78 Å². The number of anilines is 1. The van der Waals surface area contributed by atoms with Gasteiger partial charge in [-0.1, -0.05) is 42.5 Å². The molecule has 1 aliphatic heterocycles. The van der Waals surface area contributed by atoms with Crippen LogP contribution in [0.3, 0.4) is 0 Å². The van der Waals surface area contributed by atoms with E-state index in [4.69, 9.17) is 4.98 Å². The lowest BCUT2D eigenvalue weighted by molar-refractivity contribution is 0.0699. The van der Waals surface area contributed by atoms with Gasteiger partial charge in [0.05, 0.1) is 22.5 Å². The first kappa shape index (κ1) is 15.6. The highest BCUT2D eigenvalue weighted by Gasteiger charge is 2.19. The molecule has 1 aromatic heterocycles. The van der Waals surface area contributed by atoms with E-state index in [2.05, 4.69) is 11.0 Å². The van der Waals surface area contributed by atoms with Crippen molar-refractivity contribution >= 4 is 22.6 Å². The number of aromatic carboxylic acids is 1. The van der Waals surface area contributed by atoms with Gasteiger partial charge in [0.1, 0.15) is 0 Å². The van der Waals surface area contributed by atoms with Gasteiger partial charge >= 0.3 is 5.97 Å². The Morgan fingerprint density at radius 3 is 2.44 bits per heavy atom. The van der Waals surface area contributed by atoms with E-state index in [1.165, 1.54) is 19.3 Å². The van der Waals surface area contributed by atoms with Crippen molar-refractivity contribution in [3.8, 4) is 11.3 Å². The molecule has 0 aliphatic carbocycles. The summed E-state index contributed by atoms with van der Waals surface area (Å²) in [4.78, 5) is 19.0. The molecule has 0 spiro atoms. The molecule has 1 saturated heterocycles. The van der Waals surface area contributed by atoms with Gasteiger partial charge in [0.15, 0.2) is 0 Å². The Morgan fingerprint density at radius 2 is 1.72 bits per heavy atom. The van der Waals surface area contributed by atoms with E-state index in [1.807, 2.05) is 42.5 Å². The van der Waals surface area contributed by atoms with Crippen LogP contribution in [0.1, 0.15) is 29.6 Å². The highest BCUT2D eigenvalue weighted by Crippen LogP contribution is 2.32. The zero-order chi connectivity index (χ0) is 17.2. The molecule has 2 aromatic carbocycles. The van der Waals surface area contributed by atoms with Gasteiger partial charge in [-0.15, -0.1) is 0 Å². The summed E-state index contributed by atoms with van der Waals surface area (Å²) in [7, 11) is 0. The average molecular weight is 332 g/mol. The van der Waals surface area contributed by atoms with Crippen LogP contribution in [0.4, 0.5) is 5.69 Å². The van der Waals surface area contributed by atoms with Crippen molar-refractivity contribution in [1.82, 2.24) is 4.98 Å². The summed E-state index contributed by atoms with van der Waals surface area (Å²) in [5.41, 5.74) is 3.76. The Hall–Kier alpha value is -2.88. The van der Waals surface area contributed by atoms with Gasteiger partial charge in [-0.2, -0.15) is 0 Å². The fourth-order valence-corrected chi connectivity index (χ4v) is 3.56. The minimum Gasteiger partial charge on any atom is -0.478 e. The molecule has 1 aliphatic rings. The fourth-order valence-electron chi connectivity index (χ4n) is 3.56. The van der Waals surface area contributed by atoms with Crippen molar-refractivity contribution in [2.24, 2.45) is 0 Å². The maximum absolute atomic E-state index is 11.8. The number of piperidine rings is 1. The van der Waals surface area contributed by atoms with Gasteiger partial charge in [0.2, 0.25) is 0 Å². The molecule has 25 heavy (non-hydrogen) atoms. The van der Waals surface area contributed by atoms with Crippen molar-refractivity contribution in [1.29, 1.82) is 0 Å². The number of pyridine rings is 1. The number of hydrogen-bond donors (Lipinski definition) is 1. The molecule has 0 unspecified atom stereocenters. The molecule has 2 heterocycles. The van der Waals surface area contributed by atoms with Crippen LogP contribution < -0.4 is 4.90 Å². The third-order valence-corrected chi connectivity index (χ3v) is 4.81. The predicted octanol–water partition coefficient (Wildman–Crippen LogP) is 4.59. The second-order valence-corrected chi connectivity index (χ2v) is 6.45. The lowest BCUT2D eigenvalue weighted by Crippen LogP contribution is -2.29. The number of aromatic nitrogens is 1. The van der Waals surface area contributed by atoms with Crippen molar-refractivity contribution < 1.29 is 9.90 Å². The molecule has 0 radical (unpaired) electrons. The van der Waals surface area contributed by atoms with Crippen LogP contribution in [0.2, 0.25) is 0 Å².